The monoisotopic (exact) mass is 254 g/mol. The average Bonchev–Trinajstić information content (AvgIpc) is 2.94. The highest BCUT2D eigenvalue weighted by molar-refractivity contribution is 7.13. The highest BCUT2D eigenvalue weighted by atomic mass is 32.1. The minimum atomic E-state index is 0.677. The first-order valence-corrected chi connectivity index (χ1v) is 7.15. The molecule has 1 atom stereocenters. The van der Waals surface area contributed by atoms with Crippen LogP contribution in [0, 0.1) is 0 Å². The molecule has 17 heavy (non-hydrogen) atoms. The fourth-order valence-corrected chi connectivity index (χ4v) is 2.98. The van der Waals surface area contributed by atoms with Crippen molar-refractivity contribution in [1.29, 1.82) is 0 Å². The molecule has 0 amide bonds. The van der Waals surface area contributed by atoms with Crippen LogP contribution < -0.4 is 10.2 Å². The lowest BCUT2D eigenvalue weighted by Crippen LogP contribution is -2.31. The van der Waals surface area contributed by atoms with E-state index < -0.39 is 0 Å². The van der Waals surface area contributed by atoms with E-state index >= 15 is 0 Å². The number of likely N-dealkylation sites (N-methyl/N-ethyl adjacent to an activating group) is 1. The van der Waals surface area contributed by atoms with Gasteiger partial charge in [0.1, 0.15) is 0 Å². The van der Waals surface area contributed by atoms with Gasteiger partial charge in [-0.1, -0.05) is 6.92 Å². The minimum Gasteiger partial charge on any atom is -0.346 e. The zero-order valence-electron chi connectivity index (χ0n) is 10.9. The fraction of sp³-hybridized carbons (Fsp3) is 0.750. The highest BCUT2D eigenvalue weighted by Gasteiger charge is 2.25. The number of hydrogen-bond acceptors (Lipinski definition) is 5. The van der Waals surface area contributed by atoms with Crippen LogP contribution in [0.2, 0.25) is 0 Å². The van der Waals surface area contributed by atoms with Gasteiger partial charge in [-0.25, -0.2) is 4.98 Å². The standard InChI is InChI=1S/C12H22N4S/c1-4-13-7-10-9-17-12(14-10)16-6-5-11(8-16)15(2)3/h9,11,13H,4-8H2,1-3H3. The lowest BCUT2D eigenvalue weighted by atomic mass is 10.2. The summed E-state index contributed by atoms with van der Waals surface area (Å²) in [6, 6.07) is 0.677. The van der Waals surface area contributed by atoms with Crippen molar-refractivity contribution in [3.63, 3.8) is 0 Å². The van der Waals surface area contributed by atoms with Gasteiger partial charge in [0, 0.05) is 31.1 Å². The van der Waals surface area contributed by atoms with Gasteiger partial charge >= 0.3 is 0 Å². The Morgan fingerprint density at radius 2 is 2.41 bits per heavy atom. The number of nitrogens with one attached hydrogen (secondary N) is 1. The van der Waals surface area contributed by atoms with Crippen LogP contribution in [0.5, 0.6) is 0 Å². The zero-order valence-corrected chi connectivity index (χ0v) is 11.8. The van der Waals surface area contributed by atoms with Gasteiger partial charge in [-0.15, -0.1) is 11.3 Å². The summed E-state index contributed by atoms with van der Waals surface area (Å²) in [7, 11) is 4.32. The Kier molecular flexibility index (Phi) is 4.36. The second-order valence-corrected chi connectivity index (χ2v) is 5.59. The van der Waals surface area contributed by atoms with Crippen molar-refractivity contribution in [3.8, 4) is 0 Å². The number of rotatable bonds is 5. The summed E-state index contributed by atoms with van der Waals surface area (Å²) in [6.45, 7) is 6.25. The van der Waals surface area contributed by atoms with Crippen molar-refractivity contribution in [2.45, 2.75) is 25.9 Å². The van der Waals surface area contributed by atoms with E-state index in [0.717, 1.165) is 26.2 Å². The summed E-state index contributed by atoms with van der Waals surface area (Å²) in [5.41, 5.74) is 1.17. The Morgan fingerprint density at radius 1 is 1.59 bits per heavy atom. The van der Waals surface area contributed by atoms with Gasteiger partial charge in [0.2, 0.25) is 0 Å². The van der Waals surface area contributed by atoms with E-state index in [0.29, 0.717) is 6.04 Å². The molecule has 1 aliphatic rings. The van der Waals surface area contributed by atoms with E-state index in [-0.39, 0.29) is 0 Å². The third kappa shape index (κ3) is 3.18. The van der Waals surface area contributed by atoms with Crippen LogP contribution in [0.1, 0.15) is 19.0 Å². The van der Waals surface area contributed by atoms with Crippen molar-refractivity contribution in [2.75, 3.05) is 38.6 Å². The van der Waals surface area contributed by atoms with E-state index in [9.17, 15) is 0 Å². The molecule has 0 bridgehead atoms. The van der Waals surface area contributed by atoms with Crippen LogP contribution >= 0.6 is 11.3 Å². The molecule has 2 rings (SSSR count). The number of hydrogen-bond donors (Lipinski definition) is 1. The molecule has 0 spiro atoms. The number of thiazole rings is 1. The maximum Gasteiger partial charge on any atom is 0.185 e. The van der Waals surface area contributed by atoms with Gasteiger partial charge in [0.05, 0.1) is 5.69 Å². The second kappa shape index (κ2) is 5.80. The van der Waals surface area contributed by atoms with Crippen LogP contribution in [-0.4, -0.2) is 49.7 Å². The van der Waals surface area contributed by atoms with E-state index in [4.69, 9.17) is 0 Å². The third-order valence-electron chi connectivity index (χ3n) is 3.26. The summed E-state index contributed by atoms with van der Waals surface area (Å²) in [5, 5.41) is 6.66. The predicted molar refractivity (Wildman–Crippen MR) is 73.8 cm³/mol. The van der Waals surface area contributed by atoms with Crippen molar-refractivity contribution < 1.29 is 0 Å². The molecule has 0 aliphatic carbocycles. The fourth-order valence-electron chi connectivity index (χ4n) is 2.11. The predicted octanol–water partition coefficient (Wildman–Crippen LogP) is 1.39. The number of aromatic nitrogens is 1. The van der Waals surface area contributed by atoms with Crippen LogP contribution in [0.3, 0.4) is 0 Å². The third-order valence-corrected chi connectivity index (χ3v) is 4.21. The highest BCUT2D eigenvalue weighted by Crippen LogP contribution is 2.25. The zero-order chi connectivity index (χ0) is 12.3. The lowest BCUT2D eigenvalue weighted by Gasteiger charge is -2.19. The molecule has 0 radical (unpaired) electrons. The lowest BCUT2D eigenvalue weighted by molar-refractivity contribution is 0.315. The molecule has 1 unspecified atom stereocenters. The summed E-state index contributed by atoms with van der Waals surface area (Å²) in [4.78, 5) is 9.41. The molecule has 2 heterocycles. The minimum absolute atomic E-state index is 0.677. The molecule has 0 aromatic carbocycles. The first-order chi connectivity index (χ1) is 8.20. The smallest absolute Gasteiger partial charge is 0.185 e. The summed E-state index contributed by atoms with van der Waals surface area (Å²) in [6.07, 6.45) is 1.25. The largest absolute Gasteiger partial charge is 0.346 e. The molecule has 0 saturated carbocycles. The van der Waals surface area contributed by atoms with Crippen molar-refractivity contribution in [2.24, 2.45) is 0 Å². The van der Waals surface area contributed by atoms with Crippen LogP contribution in [0.25, 0.3) is 0 Å². The van der Waals surface area contributed by atoms with Crippen molar-refractivity contribution in [3.05, 3.63) is 11.1 Å². The Hall–Kier alpha value is -0.650. The Bertz CT molecular complexity index is 350. The maximum atomic E-state index is 4.69. The molecule has 96 valence electrons. The van der Waals surface area contributed by atoms with Crippen LogP contribution in [0.15, 0.2) is 5.38 Å². The van der Waals surface area contributed by atoms with Crippen LogP contribution in [-0.2, 0) is 6.54 Å². The molecular formula is C12H22N4S. The van der Waals surface area contributed by atoms with E-state index in [1.54, 1.807) is 11.3 Å². The quantitative estimate of drug-likeness (QED) is 0.860. The topological polar surface area (TPSA) is 31.4 Å². The summed E-state index contributed by atoms with van der Waals surface area (Å²) >= 11 is 1.77. The Morgan fingerprint density at radius 3 is 3.06 bits per heavy atom. The van der Waals surface area contributed by atoms with Crippen LogP contribution in [0.4, 0.5) is 5.13 Å². The van der Waals surface area contributed by atoms with E-state index in [2.05, 4.69) is 46.5 Å². The van der Waals surface area contributed by atoms with E-state index in [1.165, 1.54) is 17.2 Å². The first kappa shape index (κ1) is 12.8. The van der Waals surface area contributed by atoms with Crippen molar-refractivity contribution in [1.82, 2.24) is 15.2 Å². The molecule has 1 fully saturated rings. The van der Waals surface area contributed by atoms with Gasteiger partial charge < -0.3 is 15.1 Å². The van der Waals surface area contributed by atoms with Gasteiger partial charge in [-0.05, 0) is 27.1 Å². The maximum absolute atomic E-state index is 4.69. The molecule has 5 heteroatoms. The molecule has 1 saturated heterocycles. The van der Waals surface area contributed by atoms with Gasteiger partial charge in [0.15, 0.2) is 5.13 Å². The van der Waals surface area contributed by atoms with Crippen molar-refractivity contribution >= 4 is 16.5 Å². The molecular weight excluding hydrogens is 232 g/mol. The Balaban J connectivity index is 1.92. The Labute approximate surface area is 108 Å². The molecule has 1 aromatic rings. The average molecular weight is 254 g/mol. The summed E-state index contributed by atoms with van der Waals surface area (Å²) in [5.74, 6) is 0. The molecule has 4 nitrogen and oxygen atoms in total. The number of anilines is 1. The van der Waals surface area contributed by atoms with Gasteiger partial charge in [-0.2, -0.15) is 0 Å². The van der Waals surface area contributed by atoms with Gasteiger partial charge in [0.25, 0.3) is 0 Å². The first-order valence-electron chi connectivity index (χ1n) is 6.27. The SMILES string of the molecule is CCNCc1csc(N2CCC(N(C)C)C2)n1. The molecule has 1 aromatic heterocycles. The normalized spacial score (nSPS) is 20.5. The molecule has 1 aliphatic heterocycles. The number of nitrogens with zero attached hydrogens (tertiary/aromatic N) is 3. The van der Waals surface area contributed by atoms with E-state index in [1.807, 2.05) is 0 Å². The second-order valence-electron chi connectivity index (χ2n) is 4.75. The molecule has 1 N–H and O–H groups in total. The van der Waals surface area contributed by atoms with Gasteiger partial charge in [-0.3, -0.25) is 0 Å². The summed E-state index contributed by atoms with van der Waals surface area (Å²) < 4.78 is 0.